The zero-order valence-corrected chi connectivity index (χ0v) is 9.08. The highest BCUT2D eigenvalue weighted by Gasteiger charge is 2.12. The average molecular weight is 224 g/mol. The second-order valence-corrected chi connectivity index (χ2v) is 3.35. The third-order valence-corrected chi connectivity index (χ3v) is 2.17. The summed E-state index contributed by atoms with van der Waals surface area (Å²) in [4.78, 5) is 23.5. The molecule has 2 aromatic heterocycles. The molecule has 0 aliphatic carbocycles. The standard InChI is InChI=1S/C12H8N4O/c1-8(17)11-12(15-5-4-14-11)10-3-2-9(6-13)7-16-10/h2-5,7H,1H3. The zero-order valence-electron chi connectivity index (χ0n) is 9.08. The summed E-state index contributed by atoms with van der Waals surface area (Å²) in [6, 6.07) is 5.25. The molecule has 0 spiro atoms. The van der Waals surface area contributed by atoms with Crippen molar-refractivity contribution in [1.82, 2.24) is 15.0 Å². The molecule has 0 fully saturated rings. The number of aromatic nitrogens is 3. The zero-order chi connectivity index (χ0) is 12.3. The van der Waals surface area contributed by atoms with Crippen molar-refractivity contribution < 1.29 is 4.79 Å². The van der Waals surface area contributed by atoms with Crippen LogP contribution >= 0.6 is 0 Å². The molecule has 17 heavy (non-hydrogen) atoms. The van der Waals surface area contributed by atoms with Crippen molar-refractivity contribution in [3.8, 4) is 17.5 Å². The summed E-state index contributed by atoms with van der Waals surface area (Å²) in [7, 11) is 0. The third kappa shape index (κ3) is 2.16. The van der Waals surface area contributed by atoms with Crippen molar-refractivity contribution in [2.75, 3.05) is 0 Å². The van der Waals surface area contributed by atoms with Crippen molar-refractivity contribution in [2.24, 2.45) is 0 Å². The minimum Gasteiger partial charge on any atom is -0.293 e. The van der Waals surface area contributed by atoms with Crippen LogP contribution in [0.3, 0.4) is 0 Å². The molecular weight excluding hydrogens is 216 g/mol. The van der Waals surface area contributed by atoms with E-state index in [-0.39, 0.29) is 11.5 Å². The second-order valence-electron chi connectivity index (χ2n) is 3.35. The molecule has 2 rings (SSSR count). The van der Waals surface area contributed by atoms with Gasteiger partial charge >= 0.3 is 0 Å². The number of nitrogens with zero attached hydrogens (tertiary/aromatic N) is 4. The lowest BCUT2D eigenvalue weighted by Gasteiger charge is -2.03. The molecule has 0 atom stereocenters. The van der Waals surface area contributed by atoms with Gasteiger partial charge in [-0.3, -0.25) is 14.8 Å². The molecule has 5 heteroatoms. The van der Waals surface area contributed by atoms with Gasteiger partial charge in [0.05, 0.1) is 11.3 Å². The van der Waals surface area contributed by atoms with Crippen molar-refractivity contribution in [2.45, 2.75) is 6.92 Å². The molecule has 0 saturated heterocycles. The van der Waals surface area contributed by atoms with E-state index in [1.165, 1.54) is 25.5 Å². The van der Waals surface area contributed by atoms with Crippen molar-refractivity contribution in [3.63, 3.8) is 0 Å². The molecule has 2 heterocycles. The molecule has 0 saturated carbocycles. The Hall–Kier alpha value is -2.61. The first-order valence-electron chi connectivity index (χ1n) is 4.91. The van der Waals surface area contributed by atoms with Gasteiger partial charge in [0.25, 0.3) is 0 Å². The number of ketones is 1. The van der Waals surface area contributed by atoms with Gasteiger partial charge in [0, 0.05) is 25.5 Å². The quantitative estimate of drug-likeness (QED) is 0.724. The largest absolute Gasteiger partial charge is 0.293 e. The van der Waals surface area contributed by atoms with Gasteiger partial charge in [-0.15, -0.1) is 0 Å². The van der Waals surface area contributed by atoms with Crippen LogP contribution in [0.15, 0.2) is 30.7 Å². The van der Waals surface area contributed by atoms with Gasteiger partial charge < -0.3 is 0 Å². The van der Waals surface area contributed by atoms with Crippen LogP contribution in [-0.4, -0.2) is 20.7 Å². The maximum atomic E-state index is 11.4. The van der Waals surface area contributed by atoms with E-state index in [1.54, 1.807) is 12.1 Å². The number of carbonyl (C=O) groups is 1. The Morgan fingerprint density at radius 1 is 1.24 bits per heavy atom. The topological polar surface area (TPSA) is 79.5 Å². The fourth-order valence-electron chi connectivity index (χ4n) is 1.38. The number of carbonyl (C=O) groups excluding carboxylic acids is 1. The summed E-state index contributed by atoms with van der Waals surface area (Å²) in [5.74, 6) is -0.167. The van der Waals surface area contributed by atoms with E-state index in [0.29, 0.717) is 17.0 Å². The van der Waals surface area contributed by atoms with Crippen LogP contribution in [0.4, 0.5) is 0 Å². The second kappa shape index (κ2) is 4.49. The number of hydrogen-bond donors (Lipinski definition) is 0. The van der Waals surface area contributed by atoms with Gasteiger partial charge in [0.15, 0.2) is 5.78 Å². The fourth-order valence-corrected chi connectivity index (χ4v) is 1.38. The van der Waals surface area contributed by atoms with Gasteiger partial charge in [0.1, 0.15) is 17.5 Å². The Bertz CT molecular complexity index is 599. The molecule has 5 nitrogen and oxygen atoms in total. The summed E-state index contributed by atoms with van der Waals surface area (Å²) < 4.78 is 0. The maximum Gasteiger partial charge on any atom is 0.180 e. The van der Waals surface area contributed by atoms with Crippen LogP contribution in [0.25, 0.3) is 11.4 Å². The molecule has 2 aromatic rings. The van der Waals surface area contributed by atoms with Crippen molar-refractivity contribution >= 4 is 5.78 Å². The summed E-state index contributed by atoms with van der Waals surface area (Å²) in [5, 5.41) is 8.67. The molecule has 0 bridgehead atoms. The first kappa shape index (κ1) is 10.9. The van der Waals surface area contributed by atoms with E-state index in [1.807, 2.05) is 6.07 Å². The summed E-state index contributed by atoms with van der Waals surface area (Å²) in [6.07, 6.45) is 4.40. The fraction of sp³-hybridized carbons (Fsp3) is 0.0833. The molecule has 0 amide bonds. The van der Waals surface area contributed by atoms with Crippen LogP contribution in [0, 0.1) is 11.3 Å². The maximum absolute atomic E-state index is 11.4. The molecular formula is C12H8N4O. The SMILES string of the molecule is CC(=O)c1nccnc1-c1ccc(C#N)cn1. The number of rotatable bonds is 2. The summed E-state index contributed by atoms with van der Waals surface area (Å²) in [6.45, 7) is 1.43. The molecule has 0 N–H and O–H groups in total. The van der Waals surface area contributed by atoms with Crippen LogP contribution in [0.1, 0.15) is 23.0 Å². The summed E-state index contributed by atoms with van der Waals surface area (Å²) >= 11 is 0. The Morgan fingerprint density at radius 3 is 2.59 bits per heavy atom. The third-order valence-electron chi connectivity index (χ3n) is 2.17. The smallest absolute Gasteiger partial charge is 0.180 e. The average Bonchev–Trinajstić information content (AvgIpc) is 2.39. The van der Waals surface area contributed by atoms with Crippen LogP contribution in [0.5, 0.6) is 0 Å². The molecule has 0 aromatic carbocycles. The number of Topliss-reactive ketones (excluding diaryl/α,β-unsaturated/α-hetero) is 1. The highest BCUT2D eigenvalue weighted by atomic mass is 16.1. The first-order chi connectivity index (χ1) is 8.22. The van der Waals surface area contributed by atoms with Crippen molar-refractivity contribution in [1.29, 1.82) is 5.26 Å². The highest BCUT2D eigenvalue weighted by molar-refractivity contribution is 5.97. The Morgan fingerprint density at radius 2 is 2.00 bits per heavy atom. The molecule has 82 valence electrons. The molecule has 0 aliphatic rings. The minimum absolute atomic E-state index is 0.167. The Balaban J connectivity index is 2.53. The van der Waals surface area contributed by atoms with Gasteiger partial charge in [0.2, 0.25) is 0 Å². The van der Waals surface area contributed by atoms with E-state index in [9.17, 15) is 4.79 Å². The van der Waals surface area contributed by atoms with Gasteiger partial charge in [-0.05, 0) is 12.1 Å². The minimum atomic E-state index is -0.167. The molecule has 0 radical (unpaired) electrons. The predicted molar refractivity (Wildman–Crippen MR) is 60.0 cm³/mol. The normalized spacial score (nSPS) is 9.65. The summed E-state index contributed by atoms with van der Waals surface area (Å²) in [5.41, 5.74) is 1.71. The van der Waals surface area contributed by atoms with Crippen molar-refractivity contribution in [3.05, 3.63) is 42.0 Å². The number of hydrogen-bond acceptors (Lipinski definition) is 5. The Kier molecular flexibility index (Phi) is 2.88. The van der Waals surface area contributed by atoms with E-state index in [0.717, 1.165) is 0 Å². The van der Waals surface area contributed by atoms with Gasteiger partial charge in [-0.25, -0.2) is 4.98 Å². The van der Waals surface area contributed by atoms with Gasteiger partial charge in [-0.2, -0.15) is 5.26 Å². The van der Waals surface area contributed by atoms with Crippen LogP contribution in [0.2, 0.25) is 0 Å². The first-order valence-corrected chi connectivity index (χ1v) is 4.91. The lowest BCUT2D eigenvalue weighted by Crippen LogP contribution is -2.02. The van der Waals surface area contributed by atoms with Crippen LogP contribution < -0.4 is 0 Å². The predicted octanol–water partition coefficient (Wildman–Crippen LogP) is 1.61. The lowest BCUT2D eigenvalue weighted by atomic mass is 10.1. The molecule has 0 unspecified atom stereocenters. The van der Waals surface area contributed by atoms with E-state index < -0.39 is 0 Å². The monoisotopic (exact) mass is 224 g/mol. The molecule has 0 aliphatic heterocycles. The van der Waals surface area contributed by atoms with Crippen LogP contribution in [-0.2, 0) is 0 Å². The Labute approximate surface area is 97.8 Å². The number of nitriles is 1. The lowest BCUT2D eigenvalue weighted by molar-refractivity contribution is 0.101. The number of pyridine rings is 1. The van der Waals surface area contributed by atoms with E-state index in [4.69, 9.17) is 5.26 Å². The van der Waals surface area contributed by atoms with Gasteiger partial charge in [-0.1, -0.05) is 0 Å². The van der Waals surface area contributed by atoms with E-state index >= 15 is 0 Å². The van der Waals surface area contributed by atoms with E-state index in [2.05, 4.69) is 15.0 Å². The highest BCUT2D eigenvalue weighted by Crippen LogP contribution is 2.17.